The Morgan fingerprint density at radius 2 is 2.09 bits per heavy atom. The fourth-order valence-corrected chi connectivity index (χ4v) is 5.18. The van der Waals surface area contributed by atoms with Gasteiger partial charge in [0.1, 0.15) is 0 Å². The van der Waals surface area contributed by atoms with Gasteiger partial charge >= 0.3 is 0 Å². The van der Waals surface area contributed by atoms with Gasteiger partial charge in [0.15, 0.2) is 0 Å². The Hall–Kier alpha value is -1.02. The number of benzene rings is 1. The van der Waals surface area contributed by atoms with Crippen molar-refractivity contribution < 1.29 is 8.42 Å². The molecule has 3 rings (SSSR count). The summed E-state index contributed by atoms with van der Waals surface area (Å²) in [5.41, 5.74) is 6.64. The van der Waals surface area contributed by atoms with Crippen molar-refractivity contribution >= 4 is 31.6 Å². The maximum atomic E-state index is 12.7. The van der Waals surface area contributed by atoms with Crippen LogP contribution >= 0.6 is 11.3 Å². The van der Waals surface area contributed by atoms with Gasteiger partial charge in [-0.15, -0.1) is 11.3 Å². The Morgan fingerprint density at radius 3 is 2.68 bits per heavy atom. The van der Waals surface area contributed by atoms with Gasteiger partial charge in [0.25, 0.3) is 0 Å². The van der Waals surface area contributed by atoms with Crippen LogP contribution in [0.25, 0.3) is 10.2 Å². The largest absolute Gasteiger partial charge is 0.326 e. The van der Waals surface area contributed by atoms with Crippen LogP contribution in [0.4, 0.5) is 0 Å². The number of thiazole rings is 1. The van der Waals surface area contributed by atoms with Gasteiger partial charge in [-0.2, -0.15) is 4.31 Å². The summed E-state index contributed by atoms with van der Waals surface area (Å²) in [4.78, 5) is 4.94. The average molecular weight is 339 g/mol. The second-order valence-corrected chi connectivity index (χ2v) is 9.78. The smallest absolute Gasteiger partial charge is 0.243 e. The normalized spacial score (nSPS) is 20.8. The van der Waals surface area contributed by atoms with Crippen molar-refractivity contribution in [2.45, 2.75) is 43.5 Å². The summed E-state index contributed by atoms with van der Waals surface area (Å²) in [6, 6.07) is 5.12. The summed E-state index contributed by atoms with van der Waals surface area (Å²) < 4.78 is 27.8. The zero-order valence-electron chi connectivity index (χ0n) is 13.0. The fourth-order valence-electron chi connectivity index (χ4n) is 2.51. The minimum absolute atomic E-state index is 0.0373. The van der Waals surface area contributed by atoms with E-state index in [9.17, 15) is 8.42 Å². The van der Waals surface area contributed by atoms with Gasteiger partial charge < -0.3 is 5.73 Å². The van der Waals surface area contributed by atoms with E-state index < -0.39 is 10.0 Å². The molecule has 1 saturated heterocycles. The molecule has 22 heavy (non-hydrogen) atoms. The summed E-state index contributed by atoms with van der Waals surface area (Å²) in [5.74, 6) is 0. The first kappa shape index (κ1) is 15.9. The number of aromatic nitrogens is 1. The SMILES string of the molecule is CC(C)(C)c1nc2ccc(S(=O)(=O)N3CC[C@@H](N)C3)cc2s1. The number of sulfonamides is 1. The maximum Gasteiger partial charge on any atom is 0.243 e. The minimum Gasteiger partial charge on any atom is -0.326 e. The second kappa shape index (κ2) is 5.26. The van der Waals surface area contributed by atoms with Crippen LogP contribution in [0.1, 0.15) is 32.2 Å². The van der Waals surface area contributed by atoms with Crippen LogP contribution in [0.3, 0.4) is 0 Å². The van der Waals surface area contributed by atoms with E-state index in [0.29, 0.717) is 18.0 Å². The highest BCUT2D eigenvalue weighted by Gasteiger charge is 2.31. The lowest BCUT2D eigenvalue weighted by molar-refractivity contribution is 0.472. The Morgan fingerprint density at radius 1 is 1.36 bits per heavy atom. The topological polar surface area (TPSA) is 76.3 Å². The van der Waals surface area contributed by atoms with Gasteiger partial charge in [-0.25, -0.2) is 13.4 Å². The van der Waals surface area contributed by atoms with Crippen LogP contribution in [-0.4, -0.2) is 36.8 Å². The third kappa shape index (κ3) is 2.78. The molecular formula is C15H21N3O2S2. The molecule has 1 aromatic carbocycles. The summed E-state index contributed by atoms with van der Waals surface area (Å²) in [6.45, 7) is 7.21. The molecule has 0 radical (unpaired) electrons. The molecule has 0 unspecified atom stereocenters. The molecule has 2 aromatic rings. The molecule has 0 aliphatic carbocycles. The highest BCUT2D eigenvalue weighted by molar-refractivity contribution is 7.89. The minimum atomic E-state index is -3.46. The van der Waals surface area contributed by atoms with Crippen molar-refractivity contribution in [3.63, 3.8) is 0 Å². The van der Waals surface area contributed by atoms with Gasteiger partial charge in [-0.3, -0.25) is 0 Å². The summed E-state index contributed by atoms with van der Waals surface area (Å²) in [7, 11) is -3.46. The molecule has 1 aromatic heterocycles. The number of nitrogens with zero attached hydrogens (tertiary/aromatic N) is 2. The van der Waals surface area contributed by atoms with E-state index >= 15 is 0 Å². The Bertz CT molecular complexity index is 806. The van der Waals surface area contributed by atoms with Gasteiger partial charge in [0, 0.05) is 24.5 Å². The highest BCUT2D eigenvalue weighted by atomic mass is 32.2. The summed E-state index contributed by atoms with van der Waals surface area (Å²) >= 11 is 1.56. The number of fused-ring (bicyclic) bond motifs is 1. The third-order valence-corrected chi connectivity index (χ3v) is 7.13. The number of hydrogen-bond donors (Lipinski definition) is 1. The standard InChI is InChI=1S/C15H21N3O2S2/c1-15(2,3)14-17-12-5-4-11(8-13(12)21-14)22(19,20)18-7-6-10(16)9-18/h4-5,8,10H,6-7,9,16H2,1-3H3/t10-/m1/s1. The predicted molar refractivity (Wildman–Crippen MR) is 89.7 cm³/mol. The van der Waals surface area contributed by atoms with E-state index in [1.54, 1.807) is 29.5 Å². The van der Waals surface area contributed by atoms with Crippen LogP contribution in [0, 0.1) is 0 Å². The molecule has 1 fully saturated rings. The van der Waals surface area contributed by atoms with E-state index in [2.05, 4.69) is 25.8 Å². The molecule has 2 N–H and O–H groups in total. The first-order chi connectivity index (χ1) is 10.2. The maximum absolute atomic E-state index is 12.7. The first-order valence-corrected chi connectivity index (χ1v) is 9.60. The van der Waals surface area contributed by atoms with Crippen molar-refractivity contribution in [1.82, 2.24) is 9.29 Å². The van der Waals surface area contributed by atoms with Crippen molar-refractivity contribution in [2.24, 2.45) is 5.73 Å². The van der Waals surface area contributed by atoms with E-state index in [1.165, 1.54) is 4.31 Å². The summed E-state index contributed by atoms with van der Waals surface area (Å²) in [5, 5.41) is 1.01. The van der Waals surface area contributed by atoms with Crippen molar-refractivity contribution in [2.75, 3.05) is 13.1 Å². The first-order valence-electron chi connectivity index (χ1n) is 7.35. The molecular weight excluding hydrogens is 318 g/mol. The molecule has 5 nitrogen and oxygen atoms in total. The van der Waals surface area contributed by atoms with Gasteiger partial charge in [0.05, 0.1) is 20.1 Å². The predicted octanol–water partition coefficient (Wildman–Crippen LogP) is 2.32. The molecule has 0 spiro atoms. The lowest BCUT2D eigenvalue weighted by Gasteiger charge is -2.15. The Kier molecular flexibility index (Phi) is 3.79. The molecule has 1 atom stereocenters. The molecule has 2 heterocycles. The van der Waals surface area contributed by atoms with E-state index in [1.807, 2.05) is 0 Å². The zero-order valence-corrected chi connectivity index (χ0v) is 14.7. The van der Waals surface area contributed by atoms with Crippen LogP contribution in [0.15, 0.2) is 23.1 Å². The number of rotatable bonds is 2. The van der Waals surface area contributed by atoms with Gasteiger partial charge in [0.2, 0.25) is 10.0 Å². The highest BCUT2D eigenvalue weighted by Crippen LogP contribution is 2.33. The van der Waals surface area contributed by atoms with Crippen LogP contribution in [0.5, 0.6) is 0 Å². The van der Waals surface area contributed by atoms with Gasteiger partial charge in [-0.1, -0.05) is 20.8 Å². The van der Waals surface area contributed by atoms with Crippen molar-refractivity contribution in [3.8, 4) is 0 Å². The summed E-state index contributed by atoms with van der Waals surface area (Å²) in [6.07, 6.45) is 0.718. The molecule has 7 heteroatoms. The van der Waals surface area contributed by atoms with E-state index in [4.69, 9.17) is 5.73 Å². The monoisotopic (exact) mass is 339 g/mol. The third-order valence-electron chi connectivity index (χ3n) is 3.83. The molecule has 0 saturated carbocycles. The number of hydrogen-bond acceptors (Lipinski definition) is 5. The zero-order chi connectivity index (χ0) is 16.1. The lowest BCUT2D eigenvalue weighted by Crippen LogP contribution is -2.31. The molecule has 1 aliphatic heterocycles. The van der Waals surface area contributed by atoms with Crippen LogP contribution in [-0.2, 0) is 15.4 Å². The number of nitrogens with two attached hydrogens (primary N) is 1. The molecule has 1 aliphatic rings. The van der Waals surface area contributed by atoms with Crippen LogP contribution in [0.2, 0.25) is 0 Å². The second-order valence-electron chi connectivity index (χ2n) is 6.81. The van der Waals surface area contributed by atoms with Crippen molar-refractivity contribution in [1.29, 1.82) is 0 Å². The van der Waals surface area contributed by atoms with Crippen molar-refractivity contribution in [3.05, 3.63) is 23.2 Å². The van der Waals surface area contributed by atoms with E-state index in [0.717, 1.165) is 21.6 Å². The molecule has 0 bridgehead atoms. The van der Waals surface area contributed by atoms with Gasteiger partial charge in [-0.05, 0) is 24.6 Å². The molecule has 0 amide bonds. The Balaban J connectivity index is 2.01. The average Bonchev–Trinajstić information content (AvgIpc) is 3.03. The van der Waals surface area contributed by atoms with Crippen LogP contribution < -0.4 is 5.73 Å². The fraction of sp³-hybridized carbons (Fsp3) is 0.533. The molecule has 120 valence electrons. The lowest BCUT2D eigenvalue weighted by atomic mass is 9.98. The van der Waals surface area contributed by atoms with E-state index in [-0.39, 0.29) is 11.5 Å². The quantitative estimate of drug-likeness (QED) is 0.911. The Labute approximate surface area is 135 Å².